The SMILES string of the molecule is COc1ccc(C(=O)COC(=O)c2cc(-c3ccc(N4C(=O)[C@@H]5[C@@H]6CC[C@@H](C6)[C@@H]5C4=O)cc3)nc3ccccc23)cc1. The summed E-state index contributed by atoms with van der Waals surface area (Å²) >= 11 is 0. The number of hydrogen-bond acceptors (Lipinski definition) is 7. The number of benzene rings is 3. The van der Waals surface area contributed by atoms with Gasteiger partial charge in [-0.2, -0.15) is 0 Å². The van der Waals surface area contributed by atoms with Crippen LogP contribution in [-0.2, 0) is 14.3 Å². The van der Waals surface area contributed by atoms with Gasteiger partial charge in [0.1, 0.15) is 5.75 Å². The van der Waals surface area contributed by atoms with Crippen LogP contribution in [0.25, 0.3) is 22.2 Å². The number of carbonyl (C=O) groups is 4. The number of nitrogens with zero attached hydrogens (tertiary/aromatic N) is 2. The summed E-state index contributed by atoms with van der Waals surface area (Å²) in [4.78, 5) is 58.5. The molecule has 2 heterocycles. The zero-order chi connectivity index (χ0) is 29.0. The predicted molar refractivity (Wildman–Crippen MR) is 155 cm³/mol. The van der Waals surface area contributed by atoms with Gasteiger partial charge in [0.25, 0.3) is 0 Å². The molecule has 3 aliphatic rings. The van der Waals surface area contributed by atoms with E-state index in [0.29, 0.717) is 51.0 Å². The first-order chi connectivity index (χ1) is 20.4. The molecule has 0 spiro atoms. The topological polar surface area (TPSA) is 103 Å². The minimum atomic E-state index is -0.636. The van der Waals surface area contributed by atoms with Crippen LogP contribution in [0.4, 0.5) is 5.69 Å². The van der Waals surface area contributed by atoms with Crippen molar-refractivity contribution in [2.75, 3.05) is 18.6 Å². The molecule has 42 heavy (non-hydrogen) atoms. The number of anilines is 1. The lowest BCUT2D eigenvalue weighted by Gasteiger charge is -2.19. The lowest BCUT2D eigenvalue weighted by Crippen LogP contribution is -2.32. The number of pyridine rings is 1. The van der Waals surface area contributed by atoms with E-state index in [1.807, 2.05) is 12.1 Å². The number of ether oxygens (including phenoxy) is 2. The molecule has 2 amide bonds. The maximum absolute atomic E-state index is 13.2. The maximum atomic E-state index is 13.2. The summed E-state index contributed by atoms with van der Waals surface area (Å²) in [6, 6.07) is 22.6. The summed E-state index contributed by atoms with van der Waals surface area (Å²) in [5.41, 5.74) is 3.10. The summed E-state index contributed by atoms with van der Waals surface area (Å²) in [5, 5.41) is 0.606. The fourth-order valence-electron chi connectivity index (χ4n) is 7.01. The van der Waals surface area contributed by atoms with E-state index in [1.54, 1.807) is 73.8 Å². The number of Topliss-reactive ketones (excluding diaryl/α,β-unsaturated/α-hetero) is 1. The fourth-order valence-corrected chi connectivity index (χ4v) is 7.01. The molecule has 4 atom stereocenters. The normalized spacial score (nSPS) is 22.5. The average Bonchev–Trinajstić information content (AvgIpc) is 3.72. The van der Waals surface area contributed by atoms with Crippen LogP contribution in [0.15, 0.2) is 78.9 Å². The second-order valence-electron chi connectivity index (χ2n) is 11.2. The van der Waals surface area contributed by atoms with Crippen LogP contribution >= 0.6 is 0 Å². The Morgan fingerprint density at radius 2 is 1.55 bits per heavy atom. The predicted octanol–water partition coefficient (Wildman–Crippen LogP) is 5.49. The van der Waals surface area contributed by atoms with E-state index < -0.39 is 12.6 Å². The van der Waals surface area contributed by atoms with Crippen molar-refractivity contribution in [1.82, 2.24) is 4.98 Å². The molecule has 3 aromatic carbocycles. The third-order valence-corrected chi connectivity index (χ3v) is 9.03. The zero-order valence-corrected chi connectivity index (χ0v) is 23.0. The molecule has 1 aromatic heterocycles. The van der Waals surface area contributed by atoms with Gasteiger partial charge in [-0.1, -0.05) is 30.3 Å². The molecule has 1 saturated heterocycles. The van der Waals surface area contributed by atoms with E-state index in [-0.39, 0.29) is 35.0 Å². The number of fused-ring (bicyclic) bond motifs is 6. The summed E-state index contributed by atoms with van der Waals surface area (Å²) in [6.07, 6.45) is 3.06. The number of carbonyl (C=O) groups excluding carboxylic acids is 4. The zero-order valence-electron chi connectivity index (χ0n) is 23.0. The highest BCUT2D eigenvalue weighted by Gasteiger charge is 2.61. The van der Waals surface area contributed by atoms with Gasteiger partial charge in [-0.25, -0.2) is 9.78 Å². The highest BCUT2D eigenvalue weighted by atomic mass is 16.5. The van der Waals surface area contributed by atoms with E-state index >= 15 is 0 Å². The number of methoxy groups -OCH3 is 1. The van der Waals surface area contributed by atoms with Crippen molar-refractivity contribution < 1.29 is 28.7 Å². The van der Waals surface area contributed by atoms with Crippen LogP contribution in [0.1, 0.15) is 40.0 Å². The summed E-state index contributed by atoms with van der Waals surface area (Å²) in [6.45, 7) is -0.409. The van der Waals surface area contributed by atoms with E-state index in [1.165, 1.54) is 4.90 Å². The number of aromatic nitrogens is 1. The molecule has 2 saturated carbocycles. The Morgan fingerprint density at radius 3 is 2.21 bits per heavy atom. The van der Waals surface area contributed by atoms with E-state index in [4.69, 9.17) is 14.5 Å². The van der Waals surface area contributed by atoms with Crippen LogP contribution in [0.3, 0.4) is 0 Å². The highest BCUT2D eigenvalue weighted by Crippen LogP contribution is 2.56. The third-order valence-electron chi connectivity index (χ3n) is 9.03. The van der Waals surface area contributed by atoms with Gasteiger partial charge in [0.2, 0.25) is 11.8 Å². The molecule has 0 N–H and O–H groups in total. The fraction of sp³-hybridized carbons (Fsp3) is 0.265. The minimum absolute atomic E-state index is 0.0806. The quantitative estimate of drug-likeness (QED) is 0.167. The second kappa shape index (κ2) is 10.2. The molecular weight excluding hydrogens is 532 g/mol. The Balaban J connectivity index is 1.13. The van der Waals surface area contributed by atoms with Crippen LogP contribution < -0.4 is 9.64 Å². The number of ketones is 1. The Hall–Kier alpha value is -4.85. The van der Waals surface area contributed by atoms with Gasteiger partial charge in [-0.15, -0.1) is 0 Å². The number of hydrogen-bond donors (Lipinski definition) is 0. The van der Waals surface area contributed by atoms with Gasteiger partial charge in [0, 0.05) is 16.5 Å². The van der Waals surface area contributed by atoms with Gasteiger partial charge >= 0.3 is 5.97 Å². The van der Waals surface area contributed by atoms with Crippen molar-refractivity contribution >= 4 is 40.2 Å². The van der Waals surface area contributed by atoms with Gasteiger partial charge < -0.3 is 9.47 Å². The smallest absolute Gasteiger partial charge is 0.339 e. The Kier molecular flexibility index (Phi) is 6.34. The standard InChI is InChI=1S/C34H28N2O6/c1-41-24-14-10-20(11-15-24)29(37)18-42-34(40)26-17-28(35-27-5-3-2-4-25(26)27)19-8-12-23(13-9-19)36-32(38)30-21-6-7-22(16-21)31(30)33(36)39/h2-5,8-15,17,21-22,30-31H,6-7,16,18H2,1H3/t21-,22+,30-,31+. The summed E-state index contributed by atoms with van der Waals surface area (Å²) in [5.74, 6) is -0.205. The minimum Gasteiger partial charge on any atom is -0.497 e. The first-order valence-electron chi connectivity index (χ1n) is 14.2. The van der Waals surface area contributed by atoms with Crippen LogP contribution in [0, 0.1) is 23.7 Å². The number of amides is 2. The molecule has 8 heteroatoms. The largest absolute Gasteiger partial charge is 0.497 e. The monoisotopic (exact) mass is 560 g/mol. The third kappa shape index (κ3) is 4.26. The van der Waals surface area contributed by atoms with Crippen molar-refractivity contribution in [3.8, 4) is 17.0 Å². The van der Waals surface area contributed by atoms with Crippen LogP contribution in [0.2, 0.25) is 0 Å². The van der Waals surface area contributed by atoms with Crippen molar-refractivity contribution in [3.05, 3.63) is 90.0 Å². The Morgan fingerprint density at radius 1 is 0.881 bits per heavy atom. The van der Waals surface area contributed by atoms with Gasteiger partial charge in [-0.3, -0.25) is 19.3 Å². The van der Waals surface area contributed by atoms with Crippen LogP contribution in [-0.4, -0.2) is 42.3 Å². The highest BCUT2D eigenvalue weighted by molar-refractivity contribution is 6.22. The first kappa shape index (κ1) is 26.1. The van der Waals surface area contributed by atoms with Crippen molar-refractivity contribution in [2.24, 2.45) is 23.7 Å². The lowest BCUT2D eigenvalue weighted by molar-refractivity contribution is -0.123. The molecule has 0 radical (unpaired) electrons. The summed E-state index contributed by atoms with van der Waals surface area (Å²) < 4.78 is 10.6. The molecular formula is C34H28N2O6. The number of esters is 1. The molecule has 0 unspecified atom stereocenters. The van der Waals surface area contributed by atoms with E-state index in [0.717, 1.165) is 19.3 Å². The van der Waals surface area contributed by atoms with Gasteiger partial charge in [-0.05, 0) is 79.6 Å². The summed E-state index contributed by atoms with van der Waals surface area (Å²) in [7, 11) is 1.54. The van der Waals surface area contributed by atoms with E-state index in [9.17, 15) is 19.2 Å². The molecule has 2 bridgehead atoms. The molecule has 1 aliphatic heterocycles. The second-order valence-corrected chi connectivity index (χ2v) is 11.2. The molecule has 8 nitrogen and oxygen atoms in total. The Labute approximate surface area is 242 Å². The van der Waals surface area contributed by atoms with Crippen molar-refractivity contribution in [2.45, 2.75) is 19.3 Å². The number of imide groups is 1. The molecule has 210 valence electrons. The number of rotatable bonds is 7. The Bertz CT molecular complexity index is 1720. The van der Waals surface area contributed by atoms with Crippen molar-refractivity contribution in [3.63, 3.8) is 0 Å². The van der Waals surface area contributed by atoms with Gasteiger partial charge in [0.15, 0.2) is 12.4 Å². The molecule has 7 rings (SSSR count). The first-order valence-corrected chi connectivity index (χ1v) is 14.2. The lowest BCUT2D eigenvalue weighted by atomic mass is 9.81. The maximum Gasteiger partial charge on any atom is 0.339 e. The van der Waals surface area contributed by atoms with E-state index in [2.05, 4.69) is 0 Å². The molecule has 3 fully saturated rings. The number of para-hydroxylation sites is 1. The van der Waals surface area contributed by atoms with Crippen molar-refractivity contribution in [1.29, 1.82) is 0 Å². The molecule has 2 aliphatic carbocycles. The van der Waals surface area contributed by atoms with Crippen LogP contribution in [0.5, 0.6) is 5.75 Å². The van der Waals surface area contributed by atoms with Gasteiger partial charge in [0.05, 0.1) is 41.4 Å². The average molecular weight is 561 g/mol. The molecule has 4 aromatic rings.